The second-order valence-corrected chi connectivity index (χ2v) is 3.46. The third-order valence-corrected chi connectivity index (χ3v) is 2.11. The van der Waals surface area contributed by atoms with Crippen LogP contribution >= 0.6 is 11.8 Å². The van der Waals surface area contributed by atoms with Gasteiger partial charge in [-0.3, -0.25) is 0 Å². The van der Waals surface area contributed by atoms with E-state index < -0.39 is 5.97 Å². The normalized spacial score (nSPS) is 9.79. The van der Waals surface area contributed by atoms with Gasteiger partial charge in [-0.25, -0.2) is 14.8 Å². The lowest BCUT2D eigenvalue weighted by Gasteiger charge is -2.05. The molecule has 0 aliphatic heterocycles. The summed E-state index contributed by atoms with van der Waals surface area (Å²) in [6, 6.07) is 0. The van der Waals surface area contributed by atoms with Gasteiger partial charge in [0.1, 0.15) is 0 Å². The molecule has 0 unspecified atom stereocenters. The van der Waals surface area contributed by atoms with E-state index >= 15 is 0 Å². The maximum absolute atomic E-state index is 10.7. The Morgan fingerprint density at radius 1 is 1.57 bits per heavy atom. The van der Waals surface area contributed by atoms with Gasteiger partial charge in [0.15, 0.2) is 11.5 Å². The van der Waals surface area contributed by atoms with Gasteiger partial charge >= 0.3 is 5.97 Å². The van der Waals surface area contributed by atoms with Crippen LogP contribution in [0, 0.1) is 0 Å². The van der Waals surface area contributed by atoms with E-state index in [1.807, 2.05) is 6.26 Å². The van der Waals surface area contributed by atoms with Gasteiger partial charge in [0.25, 0.3) is 0 Å². The second kappa shape index (κ2) is 5.43. The molecule has 0 fully saturated rings. The van der Waals surface area contributed by atoms with E-state index in [2.05, 4.69) is 15.3 Å². The third-order valence-electron chi connectivity index (χ3n) is 1.50. The van der Waals surface area contributed by atoms with Crippen LogP contribution < -0.4 is 5.32 Å². The molecule has 0 spiro atoms. The zero-order valence-corrected chi connectivity index (χ0v) is 8.54. The van der Waals surface area contributed by atoms with Crippen LogP contribution in [-0.2, 0) is 0 Å². The lowest BCUT2D eigenvalue weighted by molar-refractivity contribution is 0.0691. The third kappa shape index (κ3) is 2.88. The Morgan fingerprint density at radius 3 is 2.93 bits per heavy atom. The molecule has 0 aliphatic carbocycles. The molecule has 1 heterocycles. The van der Waals surface area contributed by atoms with Crippen molar-refractivity contribution in [3.05, 3.63) is 18.1 Å². The molecule has 1 aromatic heterocycles. The highest BCUT2D eigenvalue weighted by Crippen LogP contribution is 2.07. The molecule has 0 atom stereocenters. The Balaban J connectivity index is 2.69. The van der Waals surface area contributed by atoms with Crippen LogP contribution in [-0.4, -0.2) is 39.6 Å². The summed E-state index contributed by atoms with van der Waals surface area (Å²) >= 11 is 1.68. The average molecular weight is 213 g/mol. The molecule has 0 saturated heterocycles. The first-order valence-electron chi connectivity index (χ1n) is 4.03. The molecule has 0 aliphatic rings. The Kier molecular flexibility index (Phi) is 4.18. The van der Waals surface area contributed by atoms with Gasteiger partial charge in [0, 0.05) is 24.7 Å². The molecular weight excluding hydrogens is 202 g/mol. The minimum Gasteiger partial charge on any atom is -0.476 e. The predicted molar refractivity (Wildman–Crippen MR) is 55.9 cm³/mol. The molecule has 5 nitrogen and oxygen atoms in total. The van der Waals surface area contributed by atoms with Crippen LogP contribution in [0.25, 0.3) is 0 Å². The fourth-order valence-electron chi connectivity index (χ4n) is 0.895. The maximum atomic E-state index is 10.7. The number of aromatic carboxylic acids is 1. The number of hydrogen-bond acceptors (Lipinski definition) is 5. The predicted octanol–water partition coefficient (Wildman–Crippen LogP) is 0.950. The SMILES string of the molecule is CSCCNc1nccnc1C(=O)O. The van der Waals surface area contributed by atoms with Crippen molar-refractivity contribution in [2.45, 2.75) is 0 Å². The Labute approximate surface area is 86.0 Å². The van der Waals surface area contributed by atoms with E-state index in [9.17, 15) is 4.79 Å². The average Bonchev–Trinajstić information content (AvgIpc) is 2.19. The largest absolute Gasteiger partial charge is 0.476 e. The summed E-state index contributed by atoms with van der Waals surface area (Å²) in [6.07, 6.45) is 4.81. The maximum Gasteiger partial charge on any atom is 0.358 e. The Morgan fingerprint density at radius 2 is 2.29 bits per heavy atom. The van der Waals surface area contributed by atoms with Crippen LogP contribution in [0.1, 0.15) is 10.5 Å². The van der Waals surface area contributed by atoms with Crippen LogP contribution in [0.5, 0.6) is 0 Å². The minimum absolute atomic E-state index is 0.0337. The number of nitrogens with zero attached hydrogens (tertiary/aromatic N) is 2. The molecule has 2 N–H and O–H groups in total. The van der Waals surface area contributed by atoms with E-state index in [0.29, 0.717) is 12.4 Å². The van der Waals surface area contributed by atoms with Gasteiger partial charge < -0.3 is 10.4 Å². The van der Waals surface area contributed by atoms with Crippen LogP contribution in [0.15, 0.2) is 12.4 Å². The fraction of sp³-hybridized carbons (Fsp3) is 0.375. The second-order valence-electron chi connectivity index (χ2n) is 2.48. The van der Waals surface area contributed by atoms with Gasteiger partial charge in [-0.05, 0) is 6.26 Å². The lowest BCUT2D eigenvalue weighted by atomic mass is 10.4. The first-order chi connectivity index (χ1) is 6.75. The number of carbonyl (C=O) groups is 1. The van der Waals surface area contributed by atoms with Crippen molar-refractivity contribution < 1.29 is 9.90 Å². The molecule has 0 bridgehead atoms. The van der Waals surface area contributed by atoms with E-state index in [-0.39, 0.29) is 5.69 Å². The van der Waals surface area contributed by atoms with Gasteiger partial charge in [0.2, 0.25) is 0 Å². The summed E-state index contributed by atoms with van der Waals surface area (Å²) in [6.45, 7) is 0.681. The molecule has 1 rings (SSSR count). The number of nitrogens with one attached hydrogen (secondary N) is 1. The van der Waals surface area contributed by atoms with E-state index in [4.69, 9.17) is 5.11 Å². The number of thioether (sulfide) groups is 1. The monoisotopic (exact) mass is 213 g/mol. The quantitative estimate of drug-likeness (QED) is 0.709. The summed E-state index contributed by atoms with van der Waals surface area (Å²) < 4.78 is 0. The molecule has 1 aromatic rings. The zero-order chi connectivity index (χ0) is 10.4. The standard InChI is InChI=1S/C8H11N3O2S/c1-14-5-4-11-7-6(8(12)13)9-2-3-10-7/h2-3H,4-5H2,1H3,(H,10,11)(H,12,13). The van der Waals surface area contributed by atoms with Gasteiger partial charge in [-0.15, -0.1) is 0 Å². The molecule has 0 aromatic carbocycles. The number of aromatic nitrogens is 2. The van der Waals surface area contributed by atoms with Gasteiger partial charge in [0.05, 0.1) is 0 Å². The van der Waals surface area contributed by atoms with E-state index in [1.165, 1.54) is 12.4 Å². The summed E-state index contributed by atoms with van der Waals surface area (Å²) in [5, 5.41) is 11.7. The molecule has 14 heavy (non-hydrogen) atoms. The Bertz CT molecular complexity index is 319. The van der Waals surface area contributed by atoms with Crippen LogP contribution in [0.2, 0.25) is 0 Å². The van der Waals surface area contributed by atoms with Crippen molar-refractivity contribution in [2.24, 2.45) is 0 Å². The van der Waals surface area contributed by atoms with Crippen molar-refractivity contribution in [1.29, 1.82) is 0 Å². The van der Waals surface area contributed by atoms with E-state index in [1.54, 1.807) is 11.8 Å². The van der Waals surface area contributed by atoms with Crippen LogP contribution in [0.3, 0.4) is 0 Å². The summed E-state index contributed by atoms with van der Waals surface area (Å²) in [5.74, 6) is 0.161. The molecule has 0 saturated carbocycles. The number of anilines is 1. The number of carboxylic acid groups (broad SMARTS) is 1. The summed E-state index contributed by atoms with van der Waals surface area (Å²) in [4.78, 5) is 18.3. The lowest BCUT2D eigenvalue weighted by Crippen LogP contribution is -2.12. The smallest absolute Gasteiger partial charge is 0.358 e. The topological polar surface area (TPSA) is 75.1 Å². The fourth-order valence-corrected chi connectivity index (χ4v) is 1.20. The van der Waals surface area contributed by atoms with Crippen molar-refractivity contribution in [1.82, 2.24) is 9.97 Å². The highest BCUT2D eigenvalue weighted by Gasteiger charge is 2.11. The highest BCUT2D eigenvalue weighted by molar-refractivity contribution is 7.98. The van der Waals surface area contributed by atoms with Crippen molar-refractivity contribution in [2.75, 3.05) is 23.9 Å². The first-order valence-corrected chi connectivity index (χ1v) is 5.42. The molecule has 0 radical (unpaired) electrons. The number of hydrogen-bond donors (Lipinski definition) is 2. The summed E-state index contributed by atoms with van der Waals surface area (Å²) in [7, 11) is 0. The molecule has 6 heteroatoms. The van der Waals surface area contributed by atoms with Crippen molar-refractivity contribution in [3.63, 3.8) is 0 Å². The zero-order valence-electron chi connectivity index (χ0n) is 7.73. The van der Waals surface area contributed by atoms with Gasteiger partial charge in [-0.2, -0.15) is 11.8 Å². The number of rotatable bonds is 5. The molecule has 76 valence electrons. The molecule has 0 amide bonds. The number of carboxylic acids is 1. The highest BCUT2D eigenvalue weighted by atomic mass is 32.2. The van der Waals surface area contributed by atoms with E-state index in [0.717, 1.165) is 5.75 Å². The first kappa shape index (κ1) is 10.8. The Hall–Kier alpha value is -1.30. The molecular formula is C8H11N3O2S. The van der Waals surface area contributed by atoms with Gasteiger partial charge in [-0.1, -0.05) is 0 Å². The summed E-state index contributed by atoms with van der Waals surface area (Å²) in [5.41, 5.74) is -0.0337. The van der Waals surface area contributed by atoms with Crippen LogP contribution in [0.4, 0.5) is 5.82 Å². The minimum atomic E-state index is -1.07. The van der Waals surface area contributed by atoms with Crippen molar-refractivity contribution in [3.8, 4) is 0 Å². The van der Waals surface area contributed by atoms with Crippen molar-refractivity contribution >= 4 is 23.5 Å².